The summed E-state index contributed by atoms with van der Waals surface area (Å²) in [6, 6.07) is 8.89. The highest BCUT2D eigenvalue weighted by Crippen LogP contribution is 2.23. The maximum absolute atomic E-state index is 12.4. The van der Waals surface area contributed by atoms with Crippen LogP contribution in [0, 0.1) is 0 Å². The summed E-state index contributed by atoms with van der Waals surface area (Å²) in [5.41, 5.74) is 0.418. The first-order chi connectivity index (χ1) is 12.4. The fraction of sp³-hybridized carbons (Fsp3) is 0.176. The number of benzene rings is 1. The van der Waals surface area contributed by atoms with Gasteiger partial charge in [0.1, 0.15) is 5.15 Å². The van der Waals surface area contributed by atoms with Crippen LogP contribution in [0.3, 0.4) is 0 Å². The lowest BCUT2D eigenvalue weighted by atomic mass is 10.1. The van der Waals surface area contributed by atoms with Gasteiger partial charge in [0.2, 0.25) is 6.10 Å². The molecule has 0 aliphatic carbocycles. The number of urea groups is 1. The van der Waals surface area contributed by atoms with Gasteiger partial charge >= 0.3 is 12.0 Å². The minimum absolute atomic E-state index is 0.0196. The van der Waals surface area contributed by atoms with Crippen molar-refractivity contribution in [3.8, 4) is 0 Å². The van der Waals surface area contributed by atoms with E-state index in [0.29, 0.717) is 12.1 Å². The molecule has 0 aliphatic rings. The molecule has 0 saturated carbocycles. The molecule has 1 aromatic heterocycles. The number of amides is 3. The van der Waals surface area contributed by atoms with Crippen molar-refractivity contribution in [2.45, 2.75) is 13.0 Å². The minimum Gasteiger partial charge on any atom is -0.444 e. The van der Waals surface area contributed by atoms with Gasteiger partial charge in [0.05, 0.1) is 10.6 Å². The molecule has 0 unspecified atom stereocenters. The number of nitrogens with zero attached hydrogens (tertiary/aromatic N) is 1. The van der Waals surface area contributed by atoms with Crippen LogP contribution < -0.4 is 10.6 Å². The molecule has 9 heteroatoms. The molecule has 3 amide bonds. The van der Waals surface area contributed by atoms with Crippen molar-refractivity contribution in [3.63, 3.8) is 0 Å². The molecule has 1 atom stereocenters. The van der Waals surface area contributed by atoms with Crippen LogP contribution in [0.4, 0.5) is 4.79 Å². The molecule has 2 N–H and O–H groups in total. The minimum atomic E-state index is -1.33. The molecule has 0 radical (unpaired) electrons. The number of aromatic nitrogens is 1. The van der Waals surface area contributed by atoms with E-state index in [1.54, 1.807) is 37.3 Å². The van der Waals surface area contributed by atoms with Gasteiger partial charge in [0, 0.05) is 18.3 Å². The van der Waals surface area contributed by atoms with Gasteiger partial charge in [-0.15, -0.1) is 0 Å². The van der Waals surface area contributed by atoms with E-state index >= 15 is 0 Å². The molecule has 2 rings (SSSR count). The Balaban J connectivity index is 2.23. The lowest BCUT2D eigenvalue weighted by Gasteiger charge is -2.17. The lowest BCUT2D eigenvalue weighted by molar-refractivity contribution is -0.129. The molecule has 7 nitrogen and oxygen atoms in total. The van der Waals surface area contributed by atoms with Gasteiger partial charge in [-0.1, -0.05) is 53.5 Å². The number of esters is 1. The number of hydrogen-bond acceptors (Lipinski definition) is 5. The molecule has 2 aromatic rings. The smallest absolute Gasteiger partial charge is 0.340 e. The Morgan fingerprint density at radius 1 is 1.19 bits per heavy atom. The van der Waals surface area contributed by atoms with E-state index in [9.17, 15) is 14.4 Å². The molecule has 0 bridgehead atoms. The highest BCUT2D eigenvalue weighted by Gasteiger charge is 2.27. The van der Waals surface area contributed by atoms with E-state index in [1.807, 2.05) is 0 Å². The summed E-state index contributed by atoms with van der Waals surface area (Å²) in [5.74, 6) is -1.63. The lowest BCUT2D eigenvalue weighted by Crippen LogP contribution is -2.42. The number of imide groups is 1. The SMILES string of the molecule is CCNC(=O)NC(=O)[C@H](OC(=O)c1cnc(Cl)c(Cl)c1)c1ccccc1. The molecule has 1 heterocycles. The molecule has 0 fully saturated rings. The number of hydrogen-bond donors (Lipinski definition) is 2. The summed E-state index contributed by atoms with van der Waals surface area (Å²) >= 11 is 11.6. The first-order valence-electron chi connectivity index (χ1n) is 7.58. The summed E-state index contributed by atoms with van der Waals surface area (Å²) in [7, 11) is 0. The Bertz CT molecular complexity index is 815. The highest BCUT2D eigenvalue weighted by molar-refractivity contribution is 6.41. The number of rotatable bonds is 5. The van der Waals surface area contributed by atoms with Crippen molar-refractivity contribution in [2.75, 3.05) is 6.54 Å². The number of carbonyl (C=O) groups is 3. The number of nitrogens with one attached hydrogen (secondary N) is 2. The van der Waals surface area contributed by atoms with Crippen LogP contribution in [-0.2, 0) is 9.53 Å². The number of carbonyl (C=O) groups excluding carboxylic acids is 3. The van der Waals surface area contributed by atoms with E-state index in [0.717, 1.165) is 0 Å². The van der Waals surface area contributed by atoms with Crippen LogP contribution in [0.15, 0.2) is 42.6 Å². The van der Waals surface area contributed by atoms with Crippen LogP contribution in [0.1, 0.15) is 28.9 Å². The molecule has 1 aromatic carbocycles. The van der Waals surface area contributed by atoms with E-state index in [2.05, 4.69) is 15.6 Å². The molecular weight excluding hydrogens is 381 g/mol. The molecule has 0 saturated heterocycles. The second-order valence-electron chi connectivity index (χ2n) is 5.04. The van der Waals surface area contributed by atoms with E-state index in [4.69, 9.17) is 27.9 Å². The van der Waals surface area contributed by atoms with Gasteiger partial charge in [-0.25, -0.2) is 14.6 Å². The quantitative estimate of drug-likeness (QED) is 0.598. The van der Waals surface area contributed by atoms with Crippen molar-refractivity contribution in [3.05, 3.63) is 63.9 Å². The average molecular weight is 396 g/mol. The maximum atomic E-state index is 12.4. The van der Waals surface area contributed by atoms with Crippen molar-refractivity contribution >= 4 is 41.1 Å². The third-order valence-corrected chi connectivity index (χ3v) is 3.86. The fourth-order valence-corrected chi connectivity index (χ4v) is 2.26. The summed E-state index contributed by atoms with van der Waals surface area (Å²) in [4.78, 5) is 40.1. The van der Waals surface area contributed by atoms with Crippen molar-refractivity contribution in [2.24, 2.45) is 0 Å². The number of halogens is 2. The fourth-order valence-electron chi connectivity index (χ4n) is 1.99. The van der Waals surface area contributed by atoms with Crippen molar-refractivity contribution in [1.82, 2.24) is 15.6 Å². The van der Waals surface area contributed by atoms with Gasteiger partial charge in [-0.2, -0.15) is 0 Å². The van der Waals surface area contributed by atoms with E-state index in [-0.39, 0.29) is 15.7 Å². The van der Waals surface area contributed by atoms with E-state index in [1.165, 1.54) is 12.3 Å². The predicted octanol–water partition coefficient (Wildman–Crippen LogP) is 3.13. The third kappa shape index (κ3) is 5.18. The van der Waals surface area contributed by atoms with Crippen molar-refractivity contribution < 1.29 is 19.1 Å². The zero-order valence-corrected chi connectivity index (χ0v) is 15.2. The Morgan fingerprint density at radius 2 is 1.88 bits per heavy atom. The highest BCUT2D eigenvalue weighted by atomic mass is 35.5. The average Bonchev–Trinajstić information content (AvgIpc) is 2.62. The molecule has 26 heavy (non-hydrogen) atoms. The van der Waals surface area contributed by atoms with Gasteiger partial charge in [0.25, 0.3) is 5.91 Å². The van der Waals surface area contributed by atoms with Gasteiger partial charge in [-0.05, 0) is 13.0 Å². The molecule has 0 aliphatic heterocycles. The number of pyridine rings is 1. The predicted molar refractivity (Wildman–Crippen MR) is 96.1 cm³/mol. The van der Waals surface area contributed by atoms with Crippen LogP contribution in [0.25, 0.3) is 0 Å². The van der Waals surface area contributed by atoms with Gasteiger partial charge in [0.15, 0.2) is 0 Å². The third-order valence-electron chi connectivity index (χ3n) is 3.17. The molecular formula is C17H15Cl2N3O4. The Hall–Kier alpha value is -2.64. The largest absolute Gasteiger partial charge is 0.444 e. The standard InChI is InChI=1S/C17H15Cl2N3O4/c1-2-20-17(25)22-15(23)13(10-6-4-3-5-7-10)26-16(24)11-8-12(18)14(19)21-9-11/h3-9,13H,2H2,1H3,(H2,20,22,23,25)/t13-/m1/s1. The van der Waals surface area contributed by atoms with E-state index < -0.39 is 24.0 Å². The summed E-state index contributed by atoms with van der Waals surface area (Å²) in [6.45, 7) is 2.04. The van der Waals surface area contributed by atoms with Crippen LogP contribution in [-0.4, -0.2) is 29.4 Å². The topological polar surface area (TPSA) is 97.4 Å². The van der Waals surface area contributed by atoms with Crippen molar-refractivity contribution in [1.29, 1.82) is 0 Å². The maximum Gasteiger partial charge on any atom is 0.340 e. The zero-order chi connectivity index (χ0) is 19.1. The first kappa shape index (κ1) is 19.7. The van der Waals surface area contributed by atoms with Crippen LogP contribution in [0.5, 0.6) is 0 Å². The normalized spacial score (nSPS) is 11.3. The first-order valence-corrected chi connectivity index (χ1v) is 8.33. The molecule has 136 valence electrons. The van der Waals surface area contributed by atoms with Crippen LogP contribution in [0.2, 0.25) is 10.2 Å². The summed E-state index contributed by atoms with van der Waals surface area (Å²) in [6.07, 6.45) is -0.152. The van der Waals surface area contributed by atoms with Gasteiger partial charge in [-0.3, -0.25) is 10.1 Å². The Morgan fingerprint density at radius 3 is 2.50 bits per heavy atom. The summed E-state index contributed by atoms with van der Waals surface area (Å²) in [5, 5.41) is 4.67. The van der Waals surface area contributed by atoms with Crippen LogP contribution >= 0.6 is 23.2 Å². The summed E-state index contributed by atoms with van der Waals surface area (Å²) < 4.78 is 5.29. The second kappa shape index (κ2) is 9.17. The second-order valence-corrected chi connectivity index (χ2v) is 5.81. The number of ether oxygens (including phenoxy) is 1. The molecule has 0 spiro atoms. The Labute approximate surface area is 159 Å². The zero-order valence-electron chi connectivity index (χ0n) is 13.7. The Kier molecular flexibility index (Phi) is 6.94. The monoisotopic (exact) mass is 395 g/mol. The van der Waals surface area contributed by atoms with Gasteiger partial charge < -0.3 is 10.1 Å².